The summed E-state index contributed by atoms with van der Waals surface area (Å²) >= 11 is 0. The molecule has 0 bridgehead atoms. The van der Waals surface area contributed by atoms with Crippen LogP contribution in [0.4, 0.5) is 4.79 Å². The minimum Gasteiger partial charge on any atom is -0.355 e. The van der Waals surface area contributed by atoms with Gasteiger partial charge in [-0.1, -0.05) is 43.7 Å². The number of amides is 4. The lowest BCUT2D eigenvalue weighted by Gasteiger charge is -2.29. The van der Waals surface area contributed by atoms with Gasteiger partial charge in [-0.05, 0) is 24.8 Å². The molecule has 2 N–H and O–H groups in total. The monoisotopic (exact) mass is 343 g/mol. The van der Waals surface area contributed by atoms with Crippen LogP contribution in [0.5, 0.6) is 0 Å². The molecule has 3 atom stereocenters. The molecule has 25 heavy (non-hydrogen) atoms. The Bertz CT molecular complexity index is 676. The van der Waals surface area contributed by atoms with Gasteiger partial charge in [-0.3, -0.25) is 14.5 Å². The fourth-order valence-corrected chi connectivity index (χ4v) is 4.12. The van der Waals surface area contributed by atoms with E-state index in [0.29, 0.717) is 19.4 Å². The van der Waals surface area contributed by atoms with E-state index in [4.69, 9.17) is 0 Å². The van der Waals surface area contributed by atoms with Crippen molar-refractivity contribution >= 4 is 17.8 Å². The summed E-state index contributed by atoms with van der Waals surface area (Å²) in [7, 11) is 1.50. The number of benzene rings is 1. The van der Waals surface area contributed by atoms with Gasteiger partial charge in [0.1, 0.15) is 5.54 Å². The zero-order chi connectivity index (χ0) is 18.0. The molecule has 2 aliphatic rings. The van der Waals surface area contributed by atoms with Gasteiger partial charge < -0.3 is 10.6 Å². The van der Waals surface area contributed by atoms with Crippen LogP contribution in [0.25, 0.3) is 0 Å². The Kier molecular flexibility index (Phi) is 4.79. The molecular weight excluding hydrogens is 318 g/mol. The average Bonchev–Trinajstić information content (AvgIpc) is 3.12. The van der Waals surface area contributed by atoms with Gasteiger partial charge in [0.15, 0.2) is 0 Å². The minimum absolute atomic E-state index is 0.0270. The first-order valence-electron chi connectivity index (χ1n) is 8.92. The standard InChI is InChI=1S/C19H25N3O3/c1-3-15(13-8-5-4-6-9-13)16(23)20-12-14-10-7-11-19(14)17(24)22(2)18(25)21-19/h4-6,8-9,14-15H,3,7,10-12H2,1-2H3,(H,20,23)(H,21,25)/t14-,15-,19-/m0/s1. The smallest absolute Gasteiger partial charge is 0.324 e. The zero-order valence-corrected chi connectivity index (χ0v) is 14.7. The predicted octanol–water partition coefficient (Wildman–Crippen LogP) is 2.02. The molecule has 1 heterocycles. The molecule has 3 rings (SSSR count). The first-order valence-corrected chi connectivity index (χ1v) is 8.92. The Hall–Kier alpha value is -2.37. The number of rotatable bonds is 5. The molecule has 6 heteroatoms. The van der Waals surface area contributed by atoms with Crippen molar-refractivity contribution in [1.82, 2.24) is 15.5 Å². The number of carbonyl (C=O) groups is 3. The lowest BCUT2D eigenvalue weighted by atomic mass is 9.86. The predicted molar refractivity (Wildman–Crippen MR) is 93.9 cm³/mol. The number of nitrogens with zero attached hydrogens (tertiary/aromatic N) is 1. The Morgan fingerprint density at radius 1 is 1.36 bits per heavy atom. The molecule has 0 radical (unpaired) electrons. The van der Waals surface area contributed by atoms with Crippen LogP contribution in [-0.4, -0.2) is 41.9 Å². The summed E-state index contributed by atoms with van der Waals surface area (Å²) in [6, 6.07) is 9.36. The van der Waals surface area contributed by atoms with Crippen molar-refractivity contribution in [1.29, 1.82) is 0 Å². The van der Waals surface area contributed by atoms with Gasteiger partial charge in [0.25, 0.3) is 5.91 Å². The van der Waals surface area contributed by atoms with E-state index in [2.05, 4.69) is 10.6 Å². The van der Waals surface area contributed by atoms with E-state index in [1.807, 2.05) is 37.3 Å². The van der Waals surface area contributed by atoms with E-state index in [0.717, 1.165) is 23.3 Å². The molecule has 6 nitrogen and oxygen atoms in total. The second kappa shape index (κ2) is 6.86. The van der Waals surface area contributed by atoms with Crippen molar-refractivity contribution in [2.75, 3.05) is 13.6 Å². The largest absolute Gasteiger partial charge is 0.355 e. The molecule has 1 aromatic carbocycles. The van der Waals surface area contributed by atoms with E-state index in [1.54, 1.807) is 0 Å². The Morgan fingerprint density at radius 3 is 2.68 bits per heavy atom. The number of imide groups is 1. The summed E-state index contributed by atoms with van der Waals surface area (Å²) in [6.07, 6.45) is 3.04. The van der Waals surface area contributed by atoms with Gasteiger partial charge in [-0.15, -0.1) is 0 Å². The molecule has 0 unspecified atom stereocenters. The van der Waals surface area contributed by atoms with Crippen molar-refractivity contribution in [3.63, 3.8) is 0 Å². The summed E-state index contributed by atoms with van der Waals surface area (Å²) in [5, 5.41) is 5.88. The maximum absolute atomic E-state index is 12.7. The van der Waals surface area contributed by atoms with Crippen molar-refractivity contribution < 1.29 is 14.4 Å². The van der Waals surface area contributed by atoms with Crippen LogP contribution in [0, 0.1) is 5.92 Å². The fraction of sp³-hybridized carbons (Fsp3) is 0.526. The fourth-order valence-electron chi connectivity index (χ4n) is 4.12. The first kappa shape index (κ1) is 17.5. The highest BCUT2D eigenvalue weighted by molar-refractivity contribution is 6.07. The van der Waals surface area contributed by atoms with E-state index in [9.17, 15) is 14.4 Å². The van der Waals surface area contributed by atoms with E-state index >= 15 is 0 Å². The van der Waals surface area contributed by atoms with Crippen LogP contribution < -0.4 is 10.6 Å². The first-order chi connectivity index (χ1) is 12.0. The van der Waals surface area contributed by atoms with Crippen molar-refractivity contribution in [2.45, 2.75) is 44.1 Å². The molecular formula is C19H25N3O3. The number of carbonyl (C=O) groups excluding carboxylic acids is 3. The van der Waals surface area contributed by atoms with E-state index in [-0.39, 0.29) is 29.7 Å². The summed E-state index contributed by atoms with van der Waals surface area (Å²) in [5.74, 6) is -0.466. The third-order valence-electron chi connectivity index (χ3n) is 5.59. The highest BCUT2D eigenvalue weighted by Gasteiger charge is 2.56. The second-order valence-electron chi connectivity index (χ2n) is 6.97. The van der Waals surface area contributed by atoms with Crippen LogP contribution in [0.3, 0.4) is 0 Å². The Morgan fingerprint density at radius 2 is 2.08 bits per heavy atom. The molecule has 134 valence electrons. The number of urea groups is 1. The van der Waals surface area contributed by atoms with Gasteiger partial charge in [-0.25, -0.2) is 4.79 Å². The van der Waals surface area contributed by atoms with Crippen molar-refractivity contribution in [3.05, 3.63) is 35.9 Å². The molecule has 1 saturated heterocycles. The summed E-state index contributed by atoms with van der Waals surface area (Å²) in [5.41, 5.74) is 0.154. The second-order valence-corrected chi connectivity index (χ2v) is 6.97. The molecule has 4 amide bonds. The van der Waals surface area contributed by atoms with Crippen LogP contribution in [-0.2, 0) is 9.59 Å². The lowest BCUT2D eigenvalue weighted by molar-refractivity contribution is -0.132. The van der Waals surface area contributed by atoms with Crippen LogP contribution in [0.15, 0.2) is 30.3 Å². The molecule has 1 spiro atoms. The van der Waals surface area contributed by atoms with Crippen LogP contribution in [0.1, 0.15) is 44.1 Å². The number of hydrogen-bond donors (Lipinski definition) is 2. The van der Waals surface area contributed by atoms with Crippen molar-refractivity contribution in [3.8, 4) is 0 Å². The highest BCUT2D eigenvalue weighted by Crippen LogP contribution is 2.39. The van der Waals surface area contributed by atoms with Gasteiger partial charge in [-0.2, -0.15) is 0 Å². The maximum atomic E-state index is 12.7. The van der Waals surface area contributed by atoms with Gasteiger partial charge in [0.05, 0.1) is 5.92 Å². The molecule has 1 aromatic rings. The average molecular weight is 343 g/mol. The summed E-state index contributed by atoms with van der Waals surface area (Å²) < 4.78 is 0. The normalized spacial score (nSPS) is 26.8. The van der Waals surface area contributed by atoms with Crippen LogP contribution in [0.2, 0.25) is 0 Å². The summed E-state index contributed by atoms with van der Waals surface area (Å²) in [4.78, 5) is 38.2. The molecule has 0 aromatic heterocycles. The quantitative estimate of drug-likeness (QED) is 0.803. The summed E-state index contributed by atoms with van der Waals surface area (Å²) in [6.45, 7) is 2.39. The van der Waals surface area contributed by atoms with Gasteiger partial charge in [0, 0.05) is 19.5 Å². The Balaban J connectivity index is 1.67. The highest BCUT2D eigenvalue weighted by atomic mass is 16.2. The molecule has 1 aliphatic heterocycles. The van der Waals surface area contributed by atoms with Gasteiger partial charge >= 0.3 is 6.03 Å². The van der Waals surface area contributed by atoms with E-state index in [1.165, 1.54) is 7.05 Å². The molecule has 2 fully saturated rings. The molecule has 1 aliphatic carbocycles. The van der Waals surface area contributed by atoms with Gasteiger partial charge in [0.2, 0.25) is 5.91 Å². The lowest BCUT2D eigenvalue weighted by Crippen LogP contribution is -2.53. The van der Waals surface area contributed by atoms with Crippen molar-refractivity contribution in [2.24, 2.45) is 5.92 Å². The maximum Gasteiger partial charge on any atom is 0.324 e. The zero-order valence-electron chi connectivity index (χ0n) is 14.7. The molecule has 1 saturated carbocycles. The Labute approximate surface area is 148 Å². The number of likely N-dealkylation sites (N-methyl/N-ethyl adjacent to an activating group) is 1. The van der Waals surface area contributed by atoms with Crippen LogP contribution >= 0.6 is 0 Å². The topological polar surface area (TPSA) is 78.5 Å². The SMILES string of the molecule is CC[C@H](C(=O)NC[C@@H]1CCC[C@]12NC(=O)N(C)C2=O)c1ccccc1. The third kappa shape index (κ3) is 3.01. The number of nitrogens with one attached hydrogen (secondary N) is 2. The minimum atomic E-state index is -0.840. The third-order valence-corrected chi connectivity index (χ3v) is 5.59. The number of hydrogen-bond acceptors (Lipinski definition) is 3. The van der Waals surface area contributed by atoms with E-state index < -0.39 is 5.54 Å².